The molecule has 110 valence electrons. The molecule has 1 saturated heterocycles. The fourth-order valence-electron chi connectivity index (χ4n) is 2.01. The highest BCUT2D eigenvalue weighted by atomic mass is 35.5. The second-order valence-electron chi connectivity index (χ2n) is 4.49. The molecule has 1 aliphatic rings. The van der Waals surface area contributed by atoms with Crippen molar-refractivity contribution in [2.45, 2.75) is 0 Å². The van der Waals surface area contributed by atoms with Gasteiger partial charge in [-0.1, -0.05) is 11.6 Å². The summed E-state index contributed by atoms with van der Waals surface area (Å²) in [4.78, 5) is 37.2. The van der Waals surface area contributed by atoms with Crippen molar-refractivity contribution in [3.63, 3.8) is 0 Å². The highest BCUT2D eigenvalue weighted by molar-refractivity contribution is 6.39. The SMILES string of the molecule is O=C1NC(=O)N(c2ccc(Cl)cc2)C(=O)/C1=C/c1ccoc1. The highest BCUT2D eigenvalue weighted by Gasteiger charge is 2.36. The van der Waals surface area contributed by atoms with Gasteiger partial charge in [-0.25, -0.2) is 9.69 Å². The Bertz CT molecular complexity index is 778. The molecular formula is C15H9ClN2O4. The summed E-state index contributed by atoms with van der Waals surface area (Å²) in [7, 11) is 0. The van der Waals surface area contributed by atoms with Crippen LogP contribution in [0.3, 0.4) is 0 Å². The van der Waals surface area contributed by atoms with Crippen molar-refractivity contribution in [3.8, 4) is 0 Å². The Hall–Kier alpha value is -2.86. The van der Waals surface area contributed by atoms with Gasteiger partial charge in [0.2, 0.25) is 0 Å². The number of carbonyl (C=O) groups excluding carboxylic acids is 3. The van der Waals surface area contributed by atoms with Gasteiger partial charge in [0.25, 0.3) is 11.8 Å². The Morgan fingerprint density at radius 2 is 1.82 bits per heavy atom. The lowest BCUT2D eigenvalue weighted by atomic mass is 10.1. The third kappa shape index (κ3) is 2.51. The summed E-state index contributed by atoms with van der Waals surface area (Å²) < 4.78 is 4.89. The molecular weight excluding hydrogens is 308 g/mol. The average Bonchev–Trinajstić information content (AvgIpc) is 2.98. The molecule has 3 rings (SSSR count). The van der Waals surface area contributed by atoms with Crippen LogP contribution in [0.2, 0.25) is 5.02 Å². The van der Waals surface area contributed by atoms with E-state index < -0.39 is 17.8 Å². The molecule has 1 aliphatic heterocycles. The van der Waals surface area contributed by atoms with Crippen LogP contribution in [0.15, 0.2) is 52.8 Å². The first-order valence-corrected chi connectivity index (χ1v) is 6.63. The number of carbonyl (C=O) groups is 3. The Morgan fingerprint density at radius 1 is 1.09 bits per heavy atom. The van der Waals surface area contributed by atoms with Crippen molar-refractivity contribution >= 4 is 41.2 Å². The smallest absolute Gasteiger partial charge is 0.335 e. The fraction of sp³-hybridized carbons (Fsp3) is 0. The van der Waals surface area contributed by atoms with Crippen LogP contribution in [-0.4, -0.2) is 17.8 Å². The molecule has 1 fully saturated rings. The largest absolute Gasteiger partial charge is 0.472 e. The van der Waals surface area contributed by atoms with Crippen LogP contribution in [0.4, 0.5) is 10.5 Å². The molecule has 4 amide bonds. The zero-order chi connectivity index (χ0) is 15.7. The van der Waals surface area contributed by atoms with Crippen molar-refractivity contribution in [2.75, 3.05) is 4.90 Å². The molecule has 2 heterocycles. The molecule has 2 aromatic rings. The summed E-state index contributed by atoms with van der Waals surface area (Å²) in [5.41, 5.74) is 0.706. The van der Waals surface area contributed by atoms with Gasteiger partial charge in [-0.3, -0.25) is 14.9 Å². The third-order valence-corrected chi connectivity index (χ3v) is 3.29. The fourth-order valence-corrected chi connectivity index (χ4v) is 2.13. The number of amides is 4. The molecule has 7 heteroatoms. The second-order valence-corrected chi connectivity index (χ2v) is 4.93. The molecule has 0 radical (unpaired) electrons. The predicted molar refractivity (Wildman–Crippen MR) is 79.2 cm³/mol. The lowest BCUT2D eigenvalue weighted by Gasteiger charge is -2.26. The van der Waals surface area contributed by atoms with Crippen molar-refractivity contribution in [1.29, 1.82) is 0 Å². The molecule has 0 bridgehead atoms. The minimum absolute atomic E-state index is 0.157. The molecule has 1 N–H and O–H groups in total. The van der Waals surface area contributed by atoms with Gasteiger partial charge in [-0.2, -0.15) is 0 Å². The summed E-state index contributed by atoms with van der Waals surface area (Å²) in [5.74, 6) is -1.46. The summed E-state index contributed by atoms with van der Waals surface area (Å²) in [6, 6.07) is 6.93. The van der Waals surface area contributed by atoms with Crippen LogP contribution in [0.25, 0.3) is 6.08 Å². The normalized spacial score (nSPS) is 17.0. The molecule has 6 nitrogen and oxygen atoms in total. The summed E-state index contributed by atoms with van der Waals surface area (Å²) in [6.45, 7) is 0. The lowest BCUT2D eigenvalue weighted by Crippen LogP contribution is -2.54. The van der Waals surface area contributed by atoms with Gasteiger partial charge in [0.15, 0.2) is 0 Å². The Morgan fingerprint density at radius 3 is 2.45 bits per heavy atom. The number of barbiturate groups is 1. The molecule has 0 unspecified atom stereocenters. The van der Waals surface area contributed by atoms with Gasteiger partial charge in [-0.05, 0) is 36.4 Å². The third-order valence-electron chi connectivity index (χ3n) is 3.04. The number of furan rings is 1. The summed E-state index contributed by atoms with van der Waals surface area (Å²) in [5, 5.41) is 2.60. The van der Waals surface area contributed by atoms with E-state index >= 15 is 0 Å². The van der Waals surface area contributed by atoms with Crippen LogP contribution >= 0.6 is 11.6 Å². The minimum Gasteiger partial charge on any atom is -0.472 e. The van der Waals surface area contributed by atoms with E-state index in [-0.39, 0.29) is 5.57 Å². The number of anilines is 1. The van der Waals surface area contributed by atoms with E-state index in [2.05, 4.69) is 5.32 Å². The van der Waals surface area contributed by atoms with Gasteiger partial charge in [-0.15, -0.1) is 0 Å². The number of nitrogens with zero attached hydrogens (tertiary/aromatic N) is 1. The van der Waals surface area contributed by atoms with Crippen LogP contribution in [0.5, 0.6) is 0 Å². The highest BCUT2D eigenvalue weighted by Crippen LogP contribution is 2.23. The zero-order valence-corrected chi connectivity index (χ0v) is 11.8. The van der Waals surface area contributed by atoms with Gasteiger partial charge in [0, 0.05) is 10.6 Å². The maximum atomic E-state index is 12.5. The van der Waals surface area contributed by atoms with E-state index in [0.717, 1.165) is 4.90 Å². The van der Waals surface area contributed by atoms with Crippen LogP contribution < -0.4 is 10.2 Å². The molecule has 22 heavy (non-hydrogen) atoms. The van der Waals surface area contributed by atoms with E-state index in [9.17, 15) is 14.4 Å². The van der Waals surface area contributed by atoms with Gasteiger partial charge >= 0.3 is 6.03 Å². The number of rotatable bonds is 2. The Balaban J connectivity index is 2.01. The van der Waals surface area contributed by atoms with E-state index in [1.54, 1.807) is 18.2 Å². The van der Waals surface area contributed by atoms with Crippen molar-refractivity contribution in [3.05, 3.63) is 59.0 Å². The van der Waals surface area contributed by atoms with Crippen LogP contribution in [0, 0.1) is 0 Å². The van der Waals surface area contributed by atoms with Crippen molar-refractivity contribution in [1.82, 2.24) is 5.32 Å². The van der Waals surface area contributed by atoms with Crippen molar-refractivity contribution in [2.24, 2.45) is 0 Å². The van der Waals surface area contributed by atoms with Crippen LogP contribution in [-0.2, 0) is 9.59 Å². The number of benzene rings is 1. The molecule has 0 atom stereocenters. The molecule has 1 aromatic carbocycles. The average molecular weight is 317 g/mol. The second kappa shape index (κ2) is 5.50. The number of urea groups is 1. The van der Waals surface area contributed by atoms with Gasteiger partial charge in [0.05, 0.1) is 18.2 Å². The number of imide groups is 2. The first-order valence-electron chi connectivity index (χ1n) is 6.25. The maximum absolute atomic E-state index is 12.5. The summed E-state index contributed by atoms with van der Waals surface area (Å²) in [6.07, 6.45) is 4.16. The number of hydrogen-bond acceptors (Lipinski definition) is 4. The molecule has 1 aromatic heterocycles. The topological polar surface area (TPSA) is 79.6 Å². The first-order chi connectivity index (χ1) is 10.6. The monoisotopic (exact) mass is 316 g/mol. The number of halogens is 1. The Kier molecular flexibility index (Phi) is 3.52. The van der Waals surface area contributed by atoms with Crippen LogP contribution in [0.1, 0.15) is 5.56 Å². The van der Waals surface area contributed by atoms with Gasteiger partial charge < -0.3 is 4.42 Å². The standard InChI is InChI=1S/C15H9ClN2O4/c16-10-1-3-11(4-2-10)18-14(20)12(13(19)17-15(18)21)7-9-5-6-22-8-9/h1-8H,(H,17,19,21)/b12-7+. The van der Waals surface area contributed by atoms with E-state index in [1.807, 2.05) is 0 Å². The van der Waals surface area contributed by atoms with Crippen molar-refractivity contribution < 1.29 is 18.8 Å². The predicted octanol–water partition coefficient (Wildman–Crippen LogP) is 2.60. The minimum atomic E-state index is -0.804. The Labute approximate surface area is 130 Å². The summed E-state index contributed by atoms with van der Waals surface area (Å²) >= 11 is 5.79. The molecule has 0 aliphatic carbocycles. The number of nitrogens with one attached hydrogen (secondary N) is 1. The quantitative estimate of drug-likeness (QED) is 0.682. The van der Waals surface area contributed by atoms with E-state index in [4.69, 9.17) is 16.0 Å². The lowest BCUT2D eigenvalue weighted by molar-refractivity contribution is -0.122. The molecule has 0 saturated carbocycles. The maximum Gasteiger partial charge on any atom is 0.335 e. The van der Waals surface area contributed by atoms with Gasteiger partial charge in [0.1, 0.15) is 5.57 Å². The number of hydrogen-bond donors (Lipinski definition) is 1. The van der Waals surface area contributed by atoms with E-state index in [1.165, 1.54) is 30.7 Å². The molecule has 0 spiro atoms. The zero-order valence-electron chi connectivity index (χ0n) is 11.1. The first kappa shape index (κ1) is 14.1. The van der Waals surface area contributed by atoms with E-state index in [0.29, 0.717) is 16.3 Å².